The number of hydrogen-bond acceptors (Lipinski definition) is 5. The van der Waals surface area contributed by atoms with Gasteiger partial charge in [0.15, 0.2) is 0 Å². The van der Waals surface area contributed by atoms with Gasteiger partial charge in [0.05, 0.1) is 13.7 Å². The minimum Gasteiger partial charge on any atom is -0.466 e. The van der Waals surface area contributed by atoms with Gasteiger partial charge in [0, 0.05) is 6.92 Å². The second-order valence-corrected chi connectivity index (χ2v) is 3.20. The quantitative estimate of drug-likeness (QED) is 0.554. The van der Waals surface area contributed by atoms with Crippen molar-refractivity contribution in [2.45, 2.75) is 19.4 Å². The molecule has 1 aliphatic rings. The summed E-state index contributed by atoms with van der Waals surface area (Å²) in [6.07, 6.45) is -0.814. The van der Waals surface area contributed by atoms with Crippen molar-refractivity contribution in [1.82, 2.24) is 4.90 Å². The van der Waals surface area contributed by atoms with Crippen LogP contribution in [0.25, 0.3) is 0 Å². The zero-order chi connectivity index (χ0) is 10.9. The van der Waals surface area contributed by atoms with E-state index in [-0.39, 0.29) is 6.54 Å². The topological polar surface area (TPSA) is 72.9 Å². The highest BCUT2D eigenvalue weighted by atomic mass is 16.6. The predicted octanol–water partition coefficient (Wildman–Crippen LogP) is -0.0832. The Balaban J connectivity index is 2.85. The fourth-order valence-electron chi connectivity index (χ4n) is 1.21. The van der Waals surface area contributed by atoms with Crippen LogP contribution >= 0.6 is 0 Å². The first-order chi connectivity index (χ1) is 6.40. The molecule has 1 rings (SSSR count). The molecule has 6 heteroatoms. The second-order valence-electron chi connectivity index (χ2n) is 3.20. The maximum atomic E-state index is 11.2. The molecule has 6 nitrogen and oxygen atoms in total. The third-order valence-electron chi connectivity index (χ3n) is 1.99. The highest BCUT2D eigenvalue weighted by Crippen LogP contribution is 2.23. The van der Waals surface area contributed by atoms with E-state index in [1.54, 1.807) is 0 Å². The number of esters is 1. The Morgan fingerprint density at radius 1 is 1.57 bits per heavy atom. The fourth-order valence-corrected chi connectivity index (χ4v) is 1.21. The normalized spacial score (nSPS) is 25.9. The molecule has 14 heavy (non-hydrogen) atoms. The summed E-state index contributed by atoms with van der Waals surface area (Å²) >= 11 is 0. The van der Waals surface area contributed by atoms with E-state index in [0.29, 0.717) is 0 Å². The highest BCUT2D eigenvalue weighted by Gasteiger charge is 2.49. The molecule has 0 spiro atoms. The number of nitrogens with zero attached hydrogens (tertiary/aromatic N) is 1. The van der Waals surface area contributed by atoms with Crippen LogP contribution in [0.1, 0.15) is 13.8 Å². The fraction of sp³-hybridized carbons (Fsp3) is 0.625. The first-order valence-electron chi connectivity index (χ1n) is 4.00. The molecule has 2 amide bonds. The van der Waals surface area contributed by atoms with Gasteiger partial charge < -0.3 is 9.47 Å². The van der Waals surface area contributed by atoms with Gasteiger partial charge in [-0.3, -0.25) is 4.79 Å². The lowest BCUT2D eigenvalue weighted by Gasteiger charge is -2.17. The van der Waals surface area contributed by atoms with Crippen LogP contribution in [0.2, 0.25) is 0 Å². The molecule has 1 heterocycles. The summed E-state index contributed by atoms with van der Waals surface area (Å²) in [5.74, 6) is -1.13. The number of ether oxygens (including phenoxy) is 2. The van der Waals surface area contributed by atoms with E-state index in [4.69, 9.17) is 4.74 Å². The molecule has 0 aromatic rings. The first-order valence-corrected chi connectivity index (χ1v) is 4.00. The Labute approximate surface area is 80.8 Å². The van der Waals surface area contributed by atoms with E-state index in [1.807, 2.05) is 0 Å². The van der Waals surface area contributed by atoms with Crippen molar-refractivity contribution >= 4 is 18.0 Å². The number of methoxy groups -OCH3 is 1. The molecule has 78 valence electrons. The maximum Gasteiger partial charge on any atom is 0.417 e. The first kappa shape index (κ1) is 10.5. The van der Waals surface area contributed by atoms with Gasteiger partial charge in [0.2, 0.25) is 11.5 Å². The number of rotatable bonds is 1. The van der Waals surface area contributed by atoms with E-state index in [0.717, 1.165) is 4.90 Å². The molecule has 1 aliphatic heterocycles. The minimum absolute atomic E-state index is 0.103. The number of hydrogen-bond donors (Lipinski definition) is 0. The molecule has 0 aliphatic carbocycles. The number of amides is 2. The van der Waals surface area contributed by atoms with Crippen molar-refractivity contribution < 1.29 is 23.9 Å². The van der Waals surface area contributed by atoms with Gasteiger partial charge in [0.1, 0.15) is 0 Å². The van der Waals surface area contributed by atoms with Gasteiger partial charge in [-0.1, -0.05) is 0 Å². The Morgan fingerprint density at radius 3 is 2.50 bits per heavy atom. The van der Waals surface area contributed by atoms with Crippen LogP contribution in [0.15, 0.2) is 0 Å². The second kappa shape index (κ2) is 3.28. The number of carbonyl (C=O) groups is 3. The van der Waals surface area contributed by atoms with Gasteiger partial charge in [-0.15, -0.1) is 0 Å². The monoisotopic (exact) mass is 201 g/mol. The Kier molecular flexibility index (Phi) is 2.46. The standard InChI is InChI=1S/C8H11NO5/c1-5(10)9-4-8(2,6(11)13-3)14-7(9)12/h4H2,1-3H3. The molecule has 1 atom stereocenters. The lowest BCUT2D eigenvalue weighted by Crippen LogP contribution is -2.41. The lowest BCUT2D eigenvalue weighted by molar-refractivity contribution is -0.157. The summed E-state index contributed by atoms with van der Waals surface area (Å²) in [5.41, 5.74) is -1.38. The Hall–Kier alpha value is -1.59. The highest BCUT2D eigenvalue weighted by molar-refractivity contribution is 5.96. The number of carbonyl (C=O) groups excluding carboxylic acids is 3. The molecule has 1 unspecified atom stereocenters. The van der Waals surface area contributed by atoms with E-state index in [2.05, 4.69) is 4.74 Å². The predicted molar refractivity (Wildman–Crippen MR) is 44.3 cm³/mol. The van der Waals surface area contributed by atoms with Crippen molar-refractivity contribution in [3.8, 4) is 0 Å². The Morgan fingerprint density at radius 2 is 2.14 bits per heavy atom. The van der Waals surface area contributed by atoms with Crippen LogP contribution in [-0.2, 0) is 19.1 Å². The summed E-state index contributed by atoms with van der Waals surface area (Å²) in [6, 6.07) is 0. The van der Waals surface area contributed by atoms with Crippen molar-refractivity contribution in [2.24, 2.45) is 0 Å². The largest absolute Gasteiger partial charge is 0.466 e. The average Bonchev–Trinajstić information content (AvgIpc) is 2.42. The lowest BCUT2D eigenvalue weighted by atomic mass is 10.1. The summed E-state index contributed by atoms with van der Waals surface area (Å²) in [7, 11) is 1.19. The van der Waals surface area contributed by atoms with Crippen LogP contribution in [-0.4, -0.2) is 42.1 Å². The molecule has 0 saturated carbocycles. The maximum absolute atomic E-state index is 11.2. The summed E-state index contributed by atoms with van der Waals surface area (Å²) in [5, 5.41) is 0. The average molecular weight is 201 g/mol. The molecule has 0 bridgehead atoms. The molecule has 0 aromatic heterocycles. The molecule has 0 aromatic carbocycles. The summed E-state index contributed by atoms with van der Waals surface area (Å²) < 4.78 is 9.23. The molecule has 0 N–H and O–H groups in total. The van der Waals surface area contributed by atoms with Crippen LogP contribution in [0.3, 0.4) is 0 Å². The number of cyclic esters (lactones) is 1. The molecule has 0 radical (unpaired) electrons. The van der Waals surface area contributed by atoms with E-state index in [1.165, 1.54) is 21.0 Å². The van der Waals surface area contributed by atoms with Crippen molar-refractivity contribution in [3.63, 3.8) is 0 Å². The third-order valence-corrected chi connectivity index (χ3v) is 1.99. The summed E-state index contributed by atoms with van der Waals surface area (Å²) in [4.78, 5) is 34.1. The van der Waals surface area contributed by atoms with Crippen LogP contribution in [0.5, 0.6) is 0 Å². The molecule has 1 saturated heterocycles. The van der Waals surface area contributed by atoms with E-state index < -0.39 is 23.6 Å². The van der Waals surface area contributed by atoms with Crippen molar-refractivity contribution in [2.75, 3.05) is 13.7 Å². The minimum atomic E-state index is -1.38. The van der Waals surface area contributed by atoms with Crippen LogP contribution in [0, 0.1) is 0 Å². The SMILES string of the molecule is COC(=O)C1(C)CN(C(C)=O)C(=O)O1. The van der Waals surface area contributed by atoms with Gasteiger partial charge in [0.25, 0.3) is 0 Å². The third kappa shape index (κ3) is 1.55. The van der Waals surface area contributed by atoms with Gasteiger partial charge in [-0.05, 0) is 6.92 Å². The zero-order valence-corrected chi connectivity index (χ0v) is 8.20. The van der Waals surface area contributed by atoms with Gasteiger partial charge >= 0.3 is 12.1 Å². The molecular formula is C8H11NO5. The molecule has 1 fully saturated rings. The summed E-state index contributed by atoms with van der Waals surface area (Å²) in [6.45, 7) is 2.53. The Bertz CT molecular complexity index is 300. The van der Waals surface area contributed by atoms with Gasteiger partial charge in [-0.25, -0.2) is 14.5 Å². The van der Waals surface area contributed by atoms with E-state index >= 15 is 0 Å². The smallest absolute Gasteiger partial charge is 0.417 e. The number of imide groups is 1. The zero-order valence-electron chi connectivity index (χ0n) is 8.20. The van der Waals surface area contributed by atoms with Gasteiger partial charge in [-0.2, -0.15) is 0 Å². The molecular weight excluding hydrogens is 190 g/mol. The van der Waals surface area contributed by atoms with E-state index in [9.17, 15) is 14.4 Å². The van der Waals surface area contributed by atoms with Crippen LogP contribution < -0.4 is 0 Å². The van der Waals surface area contributed by atoms with Crippen molar-refractivity contribution in [1.29, 1.82) is 0 Å². The van der Waals surface area contributed by atoms with Crippen LogP contribution in [0.4, 0.5) is 4.79 Å². The van der Waals surface area contributed by atoms with Crippen molar-refractivity contribution in [3.05, 3.63) is 0 Å².